The highest BCUT2D eigenvalue weighted by molar-refractivity contribution is 14.1. The number of methoxy groups -OCH3 is 2. The average molecular weight is 399 g/mol. The topological polar surface area (TPSA) is 81.7 Å². The van der Waals surface area contributed by atoms with Gasteiger partial charge in [-0.2, -0.15) is 0 Å². The van der Waals surface area contributed by atoms with Gasteiger partial charge in [0.25, 0.3) is 0 Å². The Hall–Kier alpha value is -0.870. The van der Waals surface area contributed by atoms with E-state index in [-0.39, 0.29) is 11.4 Å². The van der Waals surface area contributed by atoms with Gasteiger partial charge < -0.3 is 9.47 Å². The molecule has 0 saturated carbocycles. The number of esters is 1. The summed E-state index contributed by atoms with van der Waals surface area (Å²) in [4.78, 5) is 11.3. The maximum absolute atomic E-state index is 11.9. The molecular formula is C11H14INO5S. The highest BCUT2D eigenvalue weighted by Gasteiger charge is 2.20. The first-order chi connectivity index (χ1) is 8.90. The minimum atomic E-state index is -3.64. The van der Waals surface area contributed by atoms with E-state index in [1.807, 2.05) is 22.6 Å². The number of sulfonamides is 1. The largest absolute Gasteiger partial charge is 0.497 e. The number of rotatable bonds is 6. The van der Waals surface area contributed by atoms with Crippen molar-refractivity contribution >= 4 is 38.6 Å². The maximum Gasteiger partial charge on any atom is 0.319 e. The lowest BCUT2D eigenvalue weighted by atomic mass is 10.3. The van der Waals surface area contributed by atoms with Crippen molar-refractivity contribution in [2.75, 3.05) is 20.8 Å². The van der Waals surface area contributed by atoms with E-state index >= 15 is 0 Å². The molecule has 0 bridgehead atoms. The summed E-state index contributed by atoms with van der Waals surface area (Å²) in [5.74, 6) is 0.0957. The second-order valence-electron chi connectivity index (χ2n) is 3.52. The highest BCUT2D eigenvalue weighted by Crippen LogP contribution is 2.15. The summed E-state index contributed by atoms with van der Waals surface area (Å²) in [6, 6.07) is 5.97. The Morgan fingerprint density at radius 3 is 2.37 bits per heavy atom. The van der Waals surface area contributed by atoms with Gasteiger partial charge in [0.05, 0.1) is 19.1 Å². The standard InChI is InChI=1S/C11H14INO5S/c1-17-8-3-5-9(6-4-8)19(15,16)13-7-10(12)11(14)18-2/h3-6,10,13H,7H2,1-2H3. The van der Waals surface area contributed by atoms with Crippen molar-refractivity contribution in [1.29, 1.82) is 0 Å². The summed E-state index contributed by atoms with van der Waals surface area (Å²) in [5, 5.41) is 0. The van der Waals surface area contributed by atoms with Crippen LogP contribution in [0.25, 0.3) is 0 Å². The smallest absolute Gasteiger partial charge is 0.319 e. The number of carbonyl (C=O) groups is 1. The van der Waals surface area contributed by atoms with Gasteiger partial charge in [0.2, 0.25) is 10.0 Å². The van der Waals surface area contributed by atoms with Crippen LogP contribution in [0.5, 0.6) is 5.75 Å². The molecule has 19 heavy (non-hydrogen) atoms. The van der Waals surface area contributed by atoms with Gasteiger partial charge in [-0.15, -0.1) is 0 Å². The molecule has 0 aliphatic heterocycles. The maximum atomic E-state index is 11.9. The molecule has 0 heterocycles. The third kappa shape index (κ3) is 4.62. The Bertz CT molecular complexity index is 529. The van der Waals surface area contributed by atoms with Crippen LogP contribution >= 0.6 is 22.6 Å². The molecule has 1 aromatic rings. The van der Waals surface area contributed by atoms with Gasteiger partial charge in [-0.1, -0.05) is 22.6 Å². The molecule has 1 unspecified atom stereocenters. The van der Waals surface area contributed by atoms with E-state index in [9.17, 15) is 13.2 Å². The number of alkyl halides is 1. The quantitative estimate of drug-likeness (QED) is 0.438. The Morgan fingerprint density at radius 2 is 1.89 bits per heavy atom. The molecular weight excluding hydrogens is 385 g/mol. The molecule has 0 aliphatic carbocycles. The molecule has 8 heteroatoms. The Labute approximate surface area is 125 Å². The zero-order valence-corrected chi connectivity index (χ0v) is 13.4. The fraction of sp³-hybridized carbons (Fsp3) is 0.364. The van der Waals surface area contributed by atoms with E-state index in [0.717, 1.165) is 0 Å². The van der Waals surface area contributed by atoms with Crippen molar-refractivity contribution in [3.05, 3.63) is 24.3 Å². The number of nitrogens with one attached hydrogen (secondary N) is 1. The van der Waals surface area contributed by atoms with Crippen molar-refractivity contribution in [2.45, 2.75) is 8.82 Å². The first kappa shape index (κ1) is 16.2. The number of carbonyl (C=O) groups excluding carboxylic acids is 1. The molecule has 6 nitrogen and oxygen atoms in total. The number of hydrogen-bond donors (Lipinski definition) is 1. The van der Waals surface area contributed by atoms with E-state index in [1.165, 1.54) is 26.4 Å². The van der Waals surface area contributed by atoms with E-state index < -0.39 is 19.9 Å². The van der Waals surface area contributed by atoms with Crippen LogP contribution in [0.1, 0.15) is 0 Å². The Morgan fingerprint density at radius 1 is 1.32 bits per heavy atom. The minimum Gasteiger partial charge on any atom is -0.497 e. The van der Waals surface area contributed by atoms with Gasteiger partial charge in [-0.05, 0) is 24.3 Å². The molecule has 0 saturated heterocycles. The van der Waals surface area contributed by atoms with Gasteiger partial charge in [0, 0.05) is 6.54 Å². The first-order valence-corrected chi connectivity index (χ1v) is 7.99. The average Bonchev–Trinajstić information content (AvgIpc) is 2.44. The van der Waals surface area contributed by atoms with Crippen LogP contribution in [0.2, 0.25) is 0 Å². The van der Waals surface area contributed by atoms with Crippen LogP contribution in [0, 0.1) is 0 Å². The van der Waals surface area contributed by atoms with Crippen molar-refractivity contribution in [2.24, 2.45) is 0 Å². The van der Waals surface area contributed by atoms with Gasteiger partial charge in [0.1, 0.15) is 9.67 Å². The molecule has 1 atom stereocenters. The number of hydrogen-bond acceptors (Lipinski definition) is 5. The fourth-order valence-electron chi connectivity index (χ4n) is 1.23. The summed E-state index contributed by atoms with van der Waals surface area (Å²) in [7, 11) is -0.885. The first-order valence-electron chi connectivity index (χ1n) is 5.26. The van der Waals surface area contributed by atoms with Crippen molar-refractivity contribution in [3.63, 3.8) is 0 Å². The number of ether oxygens (including phenoxy) is 2. The van der Waals surface area contributed by atoms with E-state index in [1.54, 1.807) is 12.1 Å². The number of benzene rings is 1. The third-order valence-electron chi connectivity index (χ3n) is 2.28. The fourth-order valence-corrected chi connectivity index (χ4v) is 3.05. The SMILES string of the molecule is COC(=O)C(I)CNS(=O)(=O)c1ccc(OC)cc1. The molecule has 106 valence electrons. The van der Waals surface area contributed by atoms with Crippen LogP contribution in [0.3, 0.4) is 0 Å². The van der Waals surface area contributed by atoms with Crippen molar-refractivity contribution in [3.8, 4) is 5.75 Å². The molecule has 0 aromatic heterocycles. The van der Waals surface area contributed by atoms with Gasteiger partial charge >= 0.3 is 5.97 Å². The van der Waals surface area contributed by atoms with Crippen molar-refractivity contribution in [1.82, 2.24) is 4.72 Å². The molecule has 0 amide bonds. The summed E-state index contributed by atoms with van der Waals surface area (Å²) in [6.45, 7) is -0.0262. The van der Waals surface area contributed by atoms with E-state index in [4.69, 9.17) is 4.74 Å². The predicted octanol–water partition coefficient (Wildman–Crippen LogP) is 0.950. The lowest BCUT2D eigenvalue weighted by molar-refractivity contribution is -0.139. The molecule has 1 N–H and O–H groups in total. The van der Waals surface area contributed by atoms with Crippen LogP contribution in [-0.2, 0) is 19.6 Å². The second kappa shape index (κ2) is 7.06. The Balaban J connectivity index is 2.72. The lowest BCUT2D eigenvalue weighted by Gasteiger charge is -2.10. The van der Waals surface area contributed by atoms with Gasteiger partial charge in [0.15, 0.2) is 0 Å². The van der Waals surface area contributed by atoms with Gasteiger partial charge in [-0.3, -0.25) is 4.79 Å². The molecule has 0 radical (unpaired) electrons. The molecule has 0 fully saturated rings. The Kier molecular flexibility index (Phi) is 6.01. The summed E-state index contributed by atoms with van der Waals surface area (Å²) in [6.07, 6.45) is 0. The minimum absolute atomic E-state index is 0.0262. The van der Waals surface area contributed by atoms with Crippen molar-refractivity contribution < 1.29 is 22.7 Å². The van der Waals surface area contributed by atoms with Crippen LogP contribution in [0.4, 0.5) is 0 Å². The summed E-state index contributed by atoms with van der Waals surface area (Å²) < 4.78 is 35.1. The monoisotopic (exact) mass is 399 g/mol. The number of halogens is 1. The van der Waals surface area contributed by atoms with Crippen LogP contribution in [-0.4, -0.2) is 39.1 Å². The highest BCUT2D eigenvalue weighted by atomic mass is 127. The normalized spacial score (nSPS) is 12.8. The van der Waals surface area contributed by atoms with E-state index in [0.29, 0.717) is 5.75 Å². The third-order valence-corrected chi connectivity index (χ3v) is 4.67. The molecule has 0 spiro atoms. The molecule has 1 rings (SSSR count). The van der Waals surface area contributed by atoms with Crippen LogP contribution < -0.4 is 9.46 Å². The predicted molar refractivity (Wildman–Crippen MR) is 78.0 cm³/mol. The lowest BCUT2D eigenvalue weighted by Crippen LogP contribution is -2.33. The zero-order chi connectivity index (χ0) is 14.5. The van der Waals surface area contributed by atoms with E-state index in [2.05, 4.69) is 9.46 Å². The second-order valence-corrected chi connectivity index (χ2v) is 6.79. The zero-order valence-electron chi connectivity index (χ0n) is 10.4. The van der Waals surface area contributed by atoms with Crippen LogP contribution in [0.15, 0.2) is 29.2 Å². The molecule has 1 aromatic carbocycles. The van der Waals surface area contributed by atoms with Gasteiger partial charge in [-0.25, -0.2) is 13.1 Å². The molecule has 0 aliphatic rings. The summed E-state index contributed by atoms with van der Waals surface area (Å²) in [5.41, 5.74) is 0. The summed E-state index contributed by atoms with van der Waals surface area (Å²) >= 11 is 1.82.